The van der Waals surface area contributed by atoms with E-state index in [-0.39, 0.29) is 17.9 Å². The minimum Gasteiger partial charge on any atom is -0.311 e. The molecule has 0 aliphatic carbocycles. The molecule has 7 nitrogen and oxygen atoms in total. The fourth-order valence-corrected chi connectivity index (χ4v) is 4.44. The quantitative estimate of drug-likeness (QED) is 0.695. The second-order valence-corrected chi connectivity index (χ2v) is 8.21. The van der Waals surface area contributed by atoms with Gasteiger partial charge in [0.2, 0.25) is 5.91 Å². The third-order valence-electron chi connectivity index (χ3n) is 4.83. The van der Waals surface area contributed by atoms with Gasteiger partial charge in [0.15, 0.2) is 5.65 Å². The molecule has 3 aromatic rings. The Kier molecular flexibility index (Phi) is 4.73. The summed E-state index contributed by atoms with van der Waals surface area (Å²) >= 11 is 1.81. The van der Waals surface area contributed by atoms with Crippen LogP contribution in [-0.4, -0.2) is 37.0 Å². The molecule has 0 spiro atoms. The molecule has 1 aromatic carbocycles. The molecular weight excluding hydrogens is 362 g/mol. The maximum absolute atomic E-state index is 12.9. The molecule has 27 heavy (non-hydrogen) atoms. The monoisotopic (exact) mass is 383 g/mol. The lowest BCUT2D eigenvalue weighted by molar-refractivity contribution is -0.118. The highest BCUT2D eigenvalue weighted by molar-refractivity contribution is 8.00. The van der Waals surface area contributed by atoms with E-state index in [4.69, 9.17) is 0 Å². The highest BCUT2D eigenvalue weighted by Crippen LogP contribution is 2.37. The molecule has 1 unspecified atom stereocenters. The van der Waals surface area contributed by atoms with Crippen molar-refractivity contribution in [3.05, 3.63) is 47.1 Å². The van der Waals surface area contributed by atoms with Crippen LogP contribution >= 0.6 is 11.8 Å². The van der Waals surface area contributed by atoms with E-state index in [9.17, 15) is 9.59 Å². The molecule has 4 rings (SSSR count). The first kappa shape index (κ1) is 17.8. The number of benzene rings is 1. The topological polar surface area (TPSA) is 73.0 Å². The first-order chi connectivity index (χ1) is 13.0. The number of hydrogen-bond donors (Lipinski definition) is 0. The lowest BCUT2D eigenvalue weighted by Crippen LogP contribution is -2.33. The summed E-state index contributed by atoms with van der Waals surface area (Å²) in [6.07, 6.45) is 4.20. The van der Waals surface area contributed by atoms with E-state index in [0.29, 0.717) is 29.4 Å². The standard InChI is InChI=1S/C19H21N5O2S/c1-13-7-10-24(15-5-3-4-6-16(15)27-13)17(25)8-9-23-12-20-18-14(19(23)26)11-21-22(18)2/h3-6,11-13H,7-10H2,1-2H3. The first-order valence-corrected chi connectivity index (χ1v) is 9.86. The van der Waals surface area contributed by atoms with E-state index < -0.39 is 0 Å². The van der Waals surface area contributed by atoms with E-state index >= 15 is 0 Å². The van der Waals surface area contributed by atoms with Crippen molar-refractivity contribution in [1.29, 1.82) is 0 Å². The largest absolute Gasteiger partial charge is 0.311 e. The van der Waals surface area contributed by atoms with Crippen molar-refractivity contribution in [2.24, 2.45) is 7.05 Å². The zero-order chi connectivity index (χ0) is 19.0. The van der Waals surface area contributed by atoms with E-state index in [2.05, 4.69) is 23.1 Å². The highest BCUT2D eigenvalue weighted by atomic mass is 32.2. The molecular formula is C19H21N5O2S. The van der Waals surface area contributed by atoms with Gasteiger partial charge in [-0.1, -0.05) is 19.1 Å². The van der Waals surface area contributed by atoms with Crippen LogP contribution in [0.15, 0.2) is 46.5 Å². The van der Waals surface area contributed by atoms with Gasteiger partial charge in [-0.05, 0) is 18.6 Å². The summed E-state index contributed by atoms with van der Waals surface area (Å²) in [7, 11) is 1.75. The minimum absolute atomic E-state index is 0.0235. The predicted molar refractivity (Wildman–Crippen MR) is 106 cm³/mol. The fourth-order valence-electron chi connectivity index (χ4n) is 3.32. The van der Waals surface area contributed by atoms with Crippen LogP contribution in [0.2, 0.25) is 0 Å². The van der Waals surface area contributed by atoms with E-state index in [1.54, 1.807) is 23.5 Å². The fraction of sp³-hybridized carbons (Fsp3) is 0.368. The summed E-state index contributed by atoms with van der Waals surface area (Å²) < 4.78 is 3.06. The van der Waals surface area contributed by atoms with E-state index in [1.165, 1.54) is 17.1 Å². The van der Waals surface area contributed by atoms with Crippen molar-refractivity contribution in [3.8, 4) is 0 Å². The molecule has 0 saturated carbocycles. The zero-order valence-electron chi connectivity index (χ0n) is 15.3. The third-order valence-corrected chi connectivity index (χ3v) is 6.07. The number of carbonyl (C=O) groups excluding carboxylic acids is 1. The molecule has 0 radical (unpaired) electrons. The van der Waals surface area contributed by atoms with Gasteiger partial charge in [-0.3, -0.25) is 18.8 Å². The van der Waals surface area contributed by atoms with Crippen molar-refractivity contribution in [3.63, 3.8) is 0 Å². The molecule has 2 aromatic heterocycles. The van der Waals surface area contributed by atoms with Gasteiger partial charge in [-0.25, -0.2) is 4.98 Å². The summed E-state index contributed by atoms with van der Waals surface area (Å²) in [5.41, 5.74) is 1.35. The van der Waals surface area contributed by atoms with Crippen LogP contribution in [0.1, 0.15) is 19.8 Å². The number of rotatable bonds is 3. The molecule has 3 heterocycles. The Labute approximate surface area is 161 Å². The Morgan fingerprint density at radius 3 is 3.00 bits per heavy atom. The van der Waals surface area contributed by atoms with Crippen LogP contribution < -0.4 is 10.5 Å². The predicted octanol–water partition coefficient (Wildman–Crippen LogP) is 2.44. The first-order valence-electron chi connectivity index (χ1n) is 8.98. The van der Waals surface area contributed by atoms with Gasteiger partial charge in [0, 0.05) is 36.7 Å². The second kappa shape index (κ2) is 7.19. The normalized spacial score (nSPS) is 17.0. The van der Waals surface area contributed by atoms with Gasteiger partial charge in [0.05, 0.1) is 18.2 Å². The van der Waals surface area contributed by atoms with Gasteiger partial charge < -0.3 is 4.90 Å². The summed E-state index contributed by atoms with van der Waals surface area (Å²) in [6, 6.07) is 8.02. The van der Waals surface area contributed by atoms with Gasteiger partial charge in [-0.2, -0.15) is 5.10 Å². The number of nitrogens with zero attached hydrogens (tertiary/aromatic N) is 5. The smallest absolute Gasteiger partial charge is 0.264 e. The number of carbonyl (C=O) groups is 1. The van der Waals surface area contributed by atoms with Gasteiger partial charge in [0.1, 0.15) is 5.39 Å². The highest BCUT2D eigenvalue weighted by Gasteiger charge is 2.24. The number of aromatic nitrogens is 4. The molecule has 1 amide bonds. The summed E-state index contributed by atoms with van der Waals surface area (Å²) in [4.78, 5) is 32.8. The van der Waals surface area contributed by atoms with Crippen molar-refractivity contribution in [2.45, 2.75) is 36.5 Å². The Bertz CT molecular complexity index is 1060. The Morgan fingerprint density at radius 1 is 1.33 bits per heavy atom. The molecule has 1 aliphatic rings. The van der Waals surface area contributed by atoms with Crippen LogP contribution in [0.3, 0.4) is 0 Å². The SMILES string of the molecule is CC1CCN(C(=O)CCn2cnc3c(cnn3C)c2=O)c2ccccc2S1. The Balaban J connectivity index is 1.55. The van der Waals surface area contributed by atoms with Crippen LogP contribution in [-0.2, 0) is 18.4 Å². The molecule has 0 N–H and O–H groups in total. The van der Waals surface area contributed by atoms with Crippen molar-refractivity contribution in [2.75, 3.05) is 11.4 Å². The lowest BCUT2D eigenvalue weighted by atomic mass is 10.2. The maximum atomic E-state index is 12.9. The van der Waals surface area contributed by atoms with Gasteiger partial charge >= 0.3 is 0 Å². The van der Waals surface area contributed by atoms with Crippen molar-refractivity contribution < 1.29 is 4.79 Å². The summed E-state index contributed by atoms with van der Waals surface area (Å²) in [6.45, 7) is 3.18. The van der Waals surface area contributed by atoms with Crippen LogP contribution in [0.4, 0.5) is 5.69 Å². The molecule has 1 atom stereocenters. The van der Waals surface area contributed by atoms with Crippen molar-refractivity contribution in [1.82, 2.24) is 19.3 Å². The van der Waals surface area contributed by atoms with Crippen LogP contribution in [0.5, 0.6) is 0 Å². The third kappa shape index (κ3) is 3.37. The second-order valence-electron chi connectivity index (χ2n) is 6.73. The number of amides is 1. The van der Waals surface area contributed by atoms with Gasteiger partial charge in [-0.15, -0.1) is 11.8 Å². The van der Waals surface area contributed by atoms with E-state index in [0.717, 1.165) is 17.0 Å². The Hall–Kier alpha value is -2.61. The molecule has 0 fully saturated rings. The molecule has 1 aliphatic heterocycles. The number of fused-ring (bicyclic) bond motifs is 2. The van der Waals surface area contributed by atoms with Gasteiger partial charge in [0.25, 0.3) is 5.56 Å². The molecule has 140 valence electrons. The summed E-state index contributed by atoms with van der Waals surface area (Å²) in [5.74, 6) is 0.0235. The molecule has 0 saturated heterocycles. The number of para-hydroxylation sites is 1. The van der Waals surface area contributed by atoms with E-state index in [1.807, 2.05) is 23.1 Å². The number of hydrogen-bond acceptors (Lipinski definition) is 5. The van der Waals surface area contributed by atoms with Crippen molar-refractivity contribution >= 4 is 34.4 Å². The zero-order valence-corrected chi connectivity index (χ0v) is 16.1. The molecule has 8 heteroatoms. The lowest BCUT2D eigenvalue weighted by Gasteiger charge is -2.22. The average Bonchev–Trinajstić information content (AvgIpc) is 2.95. The maximum Gasteiger partial charge on any atom is 0.264 e. The average molecular weight is 383 g/mol. The van der Waals surface area contributed by atoms with Crippen LogP contribution in [0, 0.1) is 0 Å². The Morgan fingerprint density at radius 2 is 2.15 bits per heavy atom. The molecule has 0 bridgehead atoms. The summed E-state index contributed by atoms with van der Waals surface area (Å²) in [5, 5.41) is 5.00. The number of thioether (sulfide) groups is 1. The van der Waals surface area contributed by atoms with Crippen LogP contribution in [0.25, 0.3) is 11.0 Å². The minimum atomic E-state index is -0.165. The number of anilines is 1. The number of aryl methyl sites for hydroxylation is 2.